The molecule has 1 aromatic carbocycles. The molecule has 0 radical (unpaired) electrons. The zero-order chi connectivity index (χ0) is 13.8. The molecule has 1 heterocycles. The van der Waals surface area contributed by atoms with Crippen molar-refractivity contribution in [3.8, 4) is 0 Å². The summed E-state index contributed by atoms with van der Waals surface area (Å²) in [6.45, 7) is 2.82. The second-order valence-electron chi connectivity index (χ2n) is 4.68. The molecular formula is C14H18N2O3. The highest BCUT2D eigenvalue weighted by atomic mass is 16.5. The SMILES string of the molecule is COCCc1ccccc1N1CC(C)C(=O)NC1=O. The van der Waals surface area contributed by atoms with E-state index < -0.39 is 0 Å². The predicted molar refractivity (Wildman–Crippen MR) is 72.1 cm³/mol. The lowest BCUT2D eigenvalue weighted by Crippen LogP contribution is -2.54. The van der Waals surface area contributed by atoms with Crippen molar-refractivity contribution in [2.75, 3.05) is 25.2 Å². The Morgan fingerprint density at radius 2 is 2.11 bits per heavy atom. The number of carbonyl (C=O) groups excluding carboxylic acids is 2. The van der Waals surface area contributed by atoms with Crippen LogP contribution in [0.5, 0.6) is 0 Å². The fourth-order valence-electron chi connectivity index (χ4n) is 2.14. The van der Waals surface area contributed by atoms with Crippen molar-refractivity contribution in [3.05, 3.63) is 29.8 Å². The van der Waals surface area contributed by atoms with Gasteiger partial charge in [0.15, 0.2) is 0 Å². The summed E-state index contributed by atoms with van der Waals surface area (Å²) in [6, 6.07) is 7.34. The monoisotopic (exact) mass is 262 g/mol. The Morgan fingerprint density at radius 1 is 1.37 bits per heavy atom. The van der Waals surface area contributed by atoms with Crippen LogP contribution in [0, 0.1) is 5.92 Å². The third kappa shape index (κ3) is 2.93. The molecular weight excluding hydrogens is 244 g/mol. The van der Waals surface area contributed by atoms with Crippen molar-refractivity contribution in [1.29, 1.82) is 0 Å². The molecule has 5 nitrogen and oxygen atoms in total. The van der Waals surface area contributed by atoms with Gasteiger partial charge in [0.25, 0.3) is 0 Å². The number of hydrogen-bond donors (Lipinski definition) is 1. The van der Waals surface area contributed by atoms with E-state index in [-0.39, 0.29) is 17.9 Å². The molecule has 1 atom stereocenters. The van der Waals surface area contributed by atoms with Gasteiger partial charge in [0.1, 0.15) is 0 Å². The van der Waals surface area contributed by atoms with Crippen molar-refractivity contribution >= 4 is 17.6 Å². The van der Waals surface area contributed by atoms with Gasteiger partial charge >= 0.3 is 6.03 Å². The maximum Gasteiger partial charge on any atom is 0.328 e. The van der Waals surface area contributed by atoms with Crippen LogP contribution in [-0.2, 0) is 16.0 Å². The van der Waals surface area contributed by atoms with Gasteiger partial charge in [-0.1, -0.05) is 25.1 Å². The largest absolute Gasteiger partial charge is 0.384 e. The lowest BCUT2D eigenvalue weighted by atomic mass is 10.0. The number of benzene rings is 1. The van der Waals surface area contributed by atoms with E-state index in [0.717, 1.165) is 17.7 Å². The average molecular weight is 262 g/mol. The van der Waals surface area contributed by atoms with Gasteiger partial charge in [0.2, 0.25) is 5.91 Å². The summed E-state index contributed by atoms with van der Waals surface area (Å²) in [7, 11) is 1.65. The molecule has 1 fully saturated rings. The number of rotatable bonds is 4. The molecule has 102 valence electrons. The molecule has 1 N–H and O–H groups in total. The van der Waals surface area contributed by atoms with Crippen LogP contribution in [0.15, 0.2) is 24.3 Å². The van der Waals surface area contributed by atoms with Gasteiger partial charge in [-0.05, 0) is 18.1 Å². The first-order chi connectivity index (χ1) is 9.13. The standard InChI is InChI=1S/C14H18N2O3/c1-10-9-16(14(18)15-13(10)17)12-6-4-3-5-11(12)7-8-19-2/h3-6,10H,7-9H2,1-2H3,(H,15,17,18). The first kappa shape index (κ1) is 13.5. The minimum atomic E-state index is -0.354. The van der Waals surface area contributed by atoms with Gasteiger partial charge in [-0.15, -0.1) is 0 Å². The molecule has 1 aromatic rings. The number of para-hydroxylation sites is 1. The van der Waals surface area contributed by atoms with Gasteiger partial charge in [0.05, 0.1) is 12.5 Å². The highest BCUT2D eigenvalue weighted by molar-refractivity contribution is 6.06. The molecule has 1 saturated heterocycles. The van der Waals surface area contributed by atoms with Crippen molar-refractivity contribution in [2.45, 2.75) is 13.3 Å². The minimum Gasteiger partial charge on any atom is -0.384 e. The Kier molecular flexibility index (Phi) is 4.16. The van der Waals surface area contributed by atoms with Crippen LogP contribution in [0.1, 0.15) is 12.5 Å². The van der Waals surface area contributed by atoms with Crippen LogP contribution in [-0.4, -0.2) is 32.2 Å². The van der Waals surface area contributed by atoms with E-state index in [0.29, 0.717) is 13.2 Å². The molecule has 0 saturated carbocycles. The van der Waals surface area contributed by atoms with E-state index in [1.165, 1.54) is 0 Å². The number of anilines is 1. The predicted octanol–water partition coefficient (Wildman–Crippen LogP) is 1.57. The number of hydrogen-bond acceptors (Lipinski definition) is 3. The van der Waals surface area contributed by atoms with Crippen LogP contribution in [0.3, 0.4) is 0 Å². The summed E-state index contributed by atoms with van der Waals surface area (Å²) in [5.41, 5.74) is 1.89. The second-order valence-corrected chi connectivity index (χ2v) is 4.68. The molecule has 3 amide bonds. The number of nitrogens with zero attached hydrogens (tertiary/aromatic N) is 1. The summed E-state index contributed by atoms with van der Waals surface area (Å²) in [5, 5.41) is 2.38. The summed E-state index contributed by atoms with van der Waals surface area (Å²) >= 11 is 0. The van der Waals surface area contributed by atoms with Gasteiger partial charge in [-0.3, -0.25) is 15.0 Å². The molecule has 5 heteroatoms. The van der Waals surface area contributed by atoms with Crippen LogP contribution >= 0.6 is 0 Å². The zero-order valence-corrected chi connectivity index (χ0v) is 11.2. The molecule has 0 aliphatic carbocycles. The number of methoxy groups -OCH3 is 1. The van der Waals surface area contributed by atoms with E-state index in [1.807, 2.05) is 31.2 Å². The third-order valence-corrected chi connectivity index (χ3v) is 3.24. The third-order valence-electron chi connectivity index (χ3n) is 3.24. The van der Waals surface area contributed by atoms with E-state index in [9.17, 15) is 9.59 Å². The number of ether oxygens (including phenoxy) is 1. The second kappa shape index (κ2) is 5.84. The van der Waals surface area contributed by atoms with Crippen molar-refractivity contribution in [2.24, 2.45) is 5.92 Å². The van der Waals surface area contributed by atoms with Gasteiger partial charge < -0.3 is 4.74 Å². The summed E-state index contributed by atoms with van der Waals surface area (Å²) in [4.78, 5) is 25.0. The topological polar surface area (TPSA) is 58.6 Å². The van der Waals surface area contributed by atoms with E-state index in [1.54, 1.807) is 12.0 Å². The normalized spacial score (nSPS) is 19.5. The van der Waals surface area contributed by atoms with Crippen LogP contribution in [0.25, 0.3) is 0 Å². The Labute approximate surface area is 112 Å². The zero-order valence-electron chi connectivity index (χ0n) is 11.2. The Bertz CT molecular complexity index is 487. The number of imide groups is 1. The Balaban J connectivity index is 2.25. The maximum absolute atomic E-state index is 11.9. The quantitative estimate of drug-likeness (QED) is 0.896. The molecule has 0 aromatic heterocycles. The maximum atomic E-state index is 11.9. The lowest BCUT2D eigenvalue weighted by Gasteiger charge is -2.31. The fourth-order valence-corrected chi connectivity index (χ4v) is 2.14. The summed E-state index contributed by atoms with van der Waals surface area (Å²) in [5.74, 6) is -0.413. The summed E-state index contributed by atoms with van der Waals surface area (Å²) in [6.07, 6.45) is 0.735. The molecule has 1 aliphatic heterocycles. The van der Waals surface area contributed by atoms with Crippen molar-refractivity contribution in [1.82, 2.24) is 5.32 Å². The lowest BCUT2D eigenvalue weighted by molar-refractivity contribution is -0.123. The first-order valence-corrected chi connectivity index (χ1v) is 6.32. The van der Waals surface area contributed by atoms with Crippen molar-refractivity contribution in [3.63, 3.8) is 0 Å². The van der Waals surface area contributed by atoms with Crippen LogP contribution < -0.4 is 10.2 Å². The fraction of sp³-hybridized carbons (Fsp3) is 0.429. The van der Waals surface area contributed by atoms with Gasteiger partial charge in [-0.25, -0.2) is 4.79 Å². The Morgan fingerprint density at radius 3 is 2.84 bits per heavy atom. The molecule has 1 aliphatic rings. The smallest absolute Gasteiger partial charge is 0.328 e. The van der Waals surface area contributed by atoms with Crippen LogP contribution in [0.2, 0.25) is 0 Å². The number of amides is 3. The van der Waals surface area contributed by atoms with E-state index in [4.69, 9.17) is 4.74 Å². The number of carbonyl (C=O) groups is 2. The number of nitrogens with one attached hydrogen (secondary N) is 1. The molecule has 0 bridgehead atoms. The minimum absolute atomic E-state index is 0.201. The number of urea groups is 1. The molecule has 1 unspecified atom stereocenters. The highest BCUT2D eigenvalue weighted by Crippen LogP contribution is 2.24. The van der Waals surface area contributed by atoms with Gasteiger partial charge in [-0.2, -0.15) is 0 Å². The summed E-state index contributed by atoms with van der Waals surface area (Å²) < 4.78 is 5.08. The Hall–Kier alpha value is -1.88. The molecule has 2 rings (SSSR count). The van der Waals surface area contributed by atoms with E-state index >= 15 is 0 Å². The van der Waals surface area contributed by atoms with Gasteiger partial charge in [0, 0.05) is 19.3 Å². The van der Waals surface area contributed by atoms with E-state index in [2.05, 4.69) is 5.32 Å². The molecule has 19 heavy (non-hydrogen) atoms. The van der Waals surface area contributed by atoms with Crippen molar-refractivity contribution < 1.29 is 14.3 Å². The average Bonchev–Trinajstić information content (AvgIpc) is 2.41. The first-order valence-electron chi connectivity index (χ1n) is 6.32. The van der Waals surface area contributed by atoms with Crippen LogP contribution in [0.4, 0.5) is 10.5 Å². The molecule has 0 spiro atoms. The highest BCUT2D eigenvalue weighted by Gasteiger charge is 2.30.